The molecule has 0 saturated heterocycles. The van der Waals surface area contributed by atoms with Crippen molar-refractivity contribution in [3.8, 4) is 0 Å². The molecule has 0 atom stereocenters. The smallest absolute Gasteiger partial charge is 0.257 e. The first-order valence-corrected chi connectivity index (χ1v) is 7.19. The lowest BCUT2D eigenvalue weighted by atomic mass is 10.1. The molecule has 122 valence electrons. The topological polar surface area (TPSA) is 98.3 Å². The number of rotatable bonds is 5. The van der Waals surface area contributed by atoms with Gasteiger partial charge >= 0.3 is 0 Å². The van der Waals surface area contributed by atoms with Crippen molar-refractivity contribution >= 4 is 40.8 Å². The Balaban J connectivity index is 2.17. The van der Waals surface area contributed by atoms with Crippen LogP contribution in [0.3, 0.4) is 0 Å². The van der Waals surface area contributed by atoms with Crippen LogP contribution in [0.5, 0.6) is 0 Å². The quantitative estimate of drug-likeness (QED) is 0.809. The van der Waals surface area contributed by atoms with Gasteiger partial charge in [-0.05, 0) is 36.4 Å². The van der Waals surface area contributed by atoms with Crippen LogP contribution in [0.1, 0.15) is 10.4 Å². The van der Waals surface area contributed by atoms with Crippen LogP contribution in [0.4, 0.5) is 11.4 Å². The number of halogens is 1. The number of carboxylic acid groups (broad SMARTS) is 1. The predicted octanol–water partition coefficient (Wildman–Crippen LogP) is 1.84. The Hall–Kier alpha value is -3.12. The van der Waals surface area contributed by atoms with E-state index in [4.69, 9.17) is 11.6 Å². The molecule has 0 fully saturated rings. The van der Waals surface area contributed by atoms with E-state index in [0.29, 0.717) is 16.8 Å². The number of anilines is 2. The molecule has 2 aromatic carbocycles. The fourth-order valence-electron chi connectivity index (χ4n) is 1.87. The Bertz CT molecular complexity index is 818. The maximum absolute atomic E-state index is 12.4. The molecule has 0 aliphatic heterocycles. The Morgan fingerprint density at radius 1 is 0.958 bits per heavy atom. The number of hydrogen-bond acceptors (Lipinski definition) is 4. The number of carbonyl (C=O) groups is 3. The highest BCUT2D eigenvalue weighted by atomic mass is 35.5. The number of carboxylic acids is 1. The molecule has 0 saturated carbocycles. The number of para-hydroxylation sites is 1. The normalized spacial score (nSPS) is 10.4. The monoisotopic (exact) mass is 343 g/mol. The summed E-state index contributed by atoms with van der Waals surface area (Å²) in [6.45, 7) is 0. The number of aliphatic carboxylic acids is 1. The van der Waals surface area contributed by atoms with Gasteiger partial charge in [0.1, 0.15) is 0 Å². The third-order valence-electron chi connectivity index (χ3n) is 2.88. The zero-order chi connectivity index (χ0) is 17.5. The Morgan fingerprint density at radius 3 is 2.42 bits per heavy atom. The van der Waals surface area contributed by atoms with Gasteiger partial charge in [0.05, 0.1) is 17.2 Å². The van der Waals surface area contributed by atoms with E-state index in [0.717, 1.165) is 6.08 Å². The zero-order valence-corrected chi connectivity index (χ0v) is 13.0. The summed E-state index contributed by atoms with van der Waals surface area (Å²) in [5, 5.41) is 15.9. The van der Waals surface area contributed by atoms with Crippen molar-refractivity contribution in [2.75, 3.05) is 10.6 Å². The summed E-state index contributed by atoms with van der Waals surface area (Å²) in [6, 6.07) is 12.9. The summed E-state index contributed by atoms with van der Waals surface area (Å²) < 4.78 is 0. The minimum absolute atomic E-state index is 0.215. The van der Waals surface area contributed by atoms with Crippen molar-refractivity contribution in [3.05, 3.63) is 71.3 Å². The summed E-state index contributed by atoms with van der Waals surface area (Å²) in [5.74, 6) is -2.63. The maximum atomic E-state index is 12.4. The van der Waals surface area contributed by atoms with Crippen molar-refractivity contribution in [3.63, 3.8) is 0 Å². The first-order chi connectivity index (χ1) is 11.5. The third kappa shape index (κ3) is 4.96. The van der Waals surface area contributed by atoms with Gasteiger partial charge in [-0.3, -0.25) is 9.59 Å². The maximum Gasteiger partial charge on any atom is 0.257 e. The second-order valence-electron chi connectivity index (χ2n) is 4.65. The lowest BCUT2D eigenvalue weighted by Gasteiger charge is -2.10. The molecule has 0 bridgehead atoms. The highest BCUT2D eigenvalue weighted by molar-refractivity contribution is 6.31. The highest BCUT2D eigenvalue weighted by Gasteiger charge is 2.12. The van der Waals surface area contributed by atoms with Gasteiger partial charge in [-0.15, -0.1) is 0 Å². The van der Waals surface area contributed by atoms with Crippen LogP contribution >= 0.6 is 11.6 Å². The van der Waals surface area contributed by atoms with Crippen LogP contribution in [0.25, 0.3) is 0 Å². The van der Waals surface area contributed by atoms with Crippen LogP contribution in [-0.4, -0.2) is 17.8 Å². The van der Waals surface area contributed by atoms with E-state index < -0.39 is 17.8 Å². The predicted molar refractivity (Wildman–Crippen MR) is 88.6 cm³/mol. The average molecular weight is 344 g/mol. The van der Waals surface area contributed by atoms with E-state index in [9.17, 15) is 19.5 Å². The van der Waals surface area contributed by atoms with Gasteiger partial charge in [-0.25, -0.2) is 0 Å². The first-order valence-electron chi connectivity index (χ1n) is 6.81. The molecule has 0 heterocycles. The molecule has 2 N–H and O–H groups in total. The fraction of sp³-hybridized carbons (Fsp3) is 0. The zero-order valence-electron chi connectivity index (χ0n) is 12.3. The lowest BCUT2D eigenvalue weighted by Crippen LogP contribution is -2.20. The second kappa shape index (κ2) is 7.94. The molecule has 2 rings (SSSR count). The van der Waals surface area contributed by atoms with Gasteiger partial charge in [0.25, 0.3) is 5.91 Å². The first kappa shape index (κ1) is 17.2. The van der Waals surface area contributed by atoms with Crippen LogP contribution in [0.15, 0.2) is 60.7 Å². The second-order valence-corrected chi connectivity index (χ2v) is 5.09. The Morgan fingerprint density at radius 2 is 1.71 bits per heavy atom. The average Bonchev–Trinajstić information content (AvgIpc) is 2.53. The van der Waals surface area contributed by atoms with Gasteiger partial charge in [-0.2, -0.15) is 0 Å². The molecule has 24 heavy (non-hydrogen) atoms. The van der Waals surface area contributed by atoms with Gasteiger partial charge in [0.2, 0.25) is 5.91 Å². The van der Waals surface area contributed by atoms with Crippen molar-refractivity contribution in [2.45, 2.75) is 0 Å². The van der Waals surface area contributed by atoms with Crippen LogP contribution in [0, 0.1) is 0 Å². The van der Waals surface area contributed by atoms with Gasteiger partial charge < -0.3 is 20.5 Å². The Kier molecular flexibility index (Phi) is 5.70. The van der Waals surface area contributed by atoms with Crippen molar-refractivity contribution in [1.82, 2.24) is 0 Å². The molecule has 0 unspecified atom stereocenters. The molecule has 2 aromatic rings. The molecule has 2 amide bonds. The highest BCUT2D eigenvalue weighted by Crippen LogP contribution is 2.19. The number of carbonyl (C=O) groups excluding carboxylic acids is 3. The van der Waals surface area contributed by atoms with E-state index in [1.807, 2.05) is 0 Å². The van der Waals surface area contributed by atoms with E-state index in [1.165, 1.54) is 12.1 Å². The van der Waals surface area contributed by atoms with Crippen molar-refractivity contribution in [2.24, 2.45) is 0 Å². The van der Waals surface area contributed by atoms with Gasteiger partial charge in [-0.1, -0.05) is 29.8 Å². The van der Waals surface area contributed by atoms with Crippen LogP contribution in [-0.2, 0) is 9.59 Å². The number of nitrogens with one attached hydrogen (secondary N) is 2. The summed E-state index contributed by atoms with van der Waals surface area (Å²) >= 11 is 5.87. The molecule has 0 aliphatic rings. The molecular weight excluding hydrogens is 332 g/mol. The summed E-state index contributed by atoms with van der Waals surface area (Å²) in [7, 11) is 0. The largest absolute Gasteiger partial charge is 0.545 e. The SMILES string of the molecule is O=C([O-])C=CC(=O)Nc1ccccc1C(=O)Nc1cccc(Cl)c1. The molecule has 0 radical (unpaired) electrons. The number of benzene rings is 2. The summed E-state index contributed by atoms with van der Waals surface area (Å²) in [5.41, 5.74) is 0.961. The van der Waals surface area contributed by atoms with Crippen molar-refractivity contribution in [1.29, 1.82) is 0 Å². The van der Waals surface area contributed by atoms with Crippen LogP contribution < -0.4 is 15.7 Å². The van der Waals surface area contributed by atoms with E-state index in [2.05, 4.69) is 10.6 Å². The number of hydrogen-bond donors (Lipinski definition) is 2. The summed E-state index contributed by atoms with van der Waals surface area (Å²) in [6.07, 6.45) is 1.41. The van der Waals surface area contributed by atoms with E-state index in [-0.39, 0.29) is 11.3 Å². The molecular formula is C17H12ClN2O4-. The van der Waals surface area contributed by atoms with E-state index >= 15 is 0 Å². The lowest BCUT2D eigenvalue weighted by molar-refractivity contribution is -0.297. The van der Waals surface area contributed by atoms with Crippen molar-refractivity contribution < 1.29 is 19.5 Å². The van der Waals surface area contributed by atoms with Gasteiger partial charge in [0, 0.05) is 16.8 Å². The molecule has 7 heteroatoms. The van der Waals surface area contributed by atoms with E-state index in [1.54, 1.807) is 36.4 Å². The Labute approximate surface area is 142 Å². The fourth-order valence-corrected chi connectivity index (χ4v) is 2.06. The minimum atomic E-state index is -1.49. The minimum Gasteiger partial charge on any atom is -0.545 e. The van der Waals surface area contributed by atoms with Gasteiger partial charge in [0.15, 0.2) is 0 Å². The molecule has 0 aliphatic carbocycles. The molecule has 0 spiro atoms. The molecule has 0 aromatic heterocycles. The number of amides is 2. The standard InChI is InChI=1S/C17H13ClN2O4/c18-11-4-3-5-12(10-11)19-17(24)13-6-1-2-7-14(13)20-15(21)8-9-16(22)23/h1-10H,(H,19,24)(H,20,21)(H,22,23)/p-1. The summed E-state index contributed by atoms with van der Waals surface area (Å²) in [4.78, 5) is 34.3. The third-order valence-corrected chi connectivity index (χ3v) is 3.12. The van der Waals surface area contributed by atoms with Crippen LogP contribution in [0.2, 0.25) is 5.02 Å². The molecule has 6 nitrogen and oxygen atoms in total.